The zero-order valence-corrected chi connectivity index (χ0v) is 13.1. The third-order valence-electron chi connectivity index (χ3n) is 5.10. The van der Waals surface area contributed by atoms with Crippen LogP contribution in [-0.2, 0) is 16.1 Å². The van der Waals surface area contributed by atoms with Crippen LogP contribution in [0, 0.1) is 23.7 Å². The van der Waals surface area contributed by atoms with Crippen molar-refractivity contribution < 1.29 is 9.59 Å². The summed E-state index contributed by atoms with van der Waals surface area (Å²) in [7, 11) is 0. The number of rotatable bonds is 2. The van der Waals surface area contributed by atoms with Crippen molar-refractivity contribution in [1.29, 1.82) is 0 Å². The Bertz CT molecular complexity index is 605. The van der Waals surface area contributed by atoms with Gasteiger partial charge in [-0.2, -0.15) is 0 Å². The zero-order chi connectivity index (χ0) is 14.6. The number of halogens is 1. The van der Waals surface area contributed by atoms with Crippen molar-refractivity contribution in [1.82, 2.24) is 4.90 Å². The van der Waals surface area contributed by atoms with Crippen molar-refractivity contribution in [2.75, 3.05) is 0 Å². The van der Waals surface area contributed by atoms with E-state index in [2.05, 4.69) is 28.1 Å². The highest BCUT2D eigenvalue weighted by molar-refractivity contribution is 9.10. The Kier molecular flexibility index (Phi) is 3.03. The Balaban J connectivity index is 1.61. The first kappa shape index (κ1) is 13.3. The van der Waals surface area contributed by atoms with Gasteiger partial charge in [-0.3, -0.25) is 14.5 Å². The molecule has 3 aliphatic carbocycles. The molecule has 2 fully saturated rings. The third-order valence-corrected chi connectivity index (χ3v) is 5.63. The Morgan fingerprint density at radius 1 is 0.952 bits per heavy atom. The number of allylic oxidation sites excluding steroid dienone is 2. The highest BCUT2D eigenvalue weighted by Crippen LogP contribution is 2.49. The van der Waals surface area contributed by atoms with Crippen molar-refractivity contribution >= 4 is 27.7 Å². The van der Waals surface area contributed by atoms with E-state index in [1.165, 1.54) is 4.90 Å². The van der Waals surface area contributed by atoms with Crippen LogP contribution < -0.4 is 0 Å². The van der Waals surface area contributed by atoms with E-state index in [9.17, 15) is 9.59 Å². The summed E-state index contributed by atoms with van der Waals surface area (Å²) in [5, 5.41) is 0. The van der Waals surface area contributed by atoms with E-state index in [0.717, 1.165) is 22.9 Å². The quantitative estimate of drug-likeness (QED) is 0.609. The van der Waals surface area contributed by atoms with Gasteiger partial charge in [-0.1, -0.05) is 40.2 Å². The molecule has 4 aliphatic rings. The SMILES string of the molecule is O=C1[C@H]2[C@H](C(=O)N1Cc1ccc(Br)cc1)[C@@H]1C=C[C@@H]2CC1. The smallest absolute Gasteiger partial charge is 0.234 e. The van der Waals surface area contributed by atoms with Crippen molar-refractivity contribution in [2.45, 2.75) is 19.4 Å². The number of carbonyl (C=O) groups excluding carboxylic acids is 2. The number of carbonyl (C=O) groups is 2. The lowest BCUT2D eigenvalue weighted by atomic mass is 9.63. The first-order valence-electron chi connectivity index (χ1n) is 7.43. The van der Waals surface area contributed by atoms with Crippen LogP contribution in [0.25, 0.3) is 0 Å². The van der Waals surface area contributed by atoms with Gasteiger partial charge < -0.3 is 0 Å². The highest BCUT2D eigenvalue weighted by atomic mass is 79.9. The number of hydrogen-bond donors (Lipinski definition) is 0. The van der Waals surface area contributed by atoms with Crippen LogP contribution in [0.3, 0.4) is 0 Å². The molecule has 2 amide bonds. The van der Waals surface area contributed by atoms with Crippen LogP contribution in [0.1, 0.15) is 18.4 Å². The number of imide groups is 1. The van der Waals surface area contributed by atoms with E-state index in [4.69, 9.17) is 0 Å². The van der Waals surface area contributed by atoms with Crippen LogP contribution in [-0.4, -0.2) is 16.7 Å². The molecule has 0 N–H and O–H groups in total. The second kappa shape index (κ2) is 4.80. The minimum atomic E-state index is -0.100. The Morgan fingerprint density at radius 3 is 1.95 bits per heavy atom. The average molecular weight is 346 g/mol. The summed E-state index contributed by atoms with van der Waals surface area (Å²) in [5.74, 6) is 0.407. The maximum atomic E-state index is 12.7. The zero-order valence-electron chi connectivity index (χ0n) is 11.5. The van der Waals surface area contributed by atoms with E-state index in [1.54, 1.807) is 0 Å². The van der Waals surface area contributed by atoms with Crippen molar-refractivity contribution in [3.8, 4) is 0 Å². The molecule has 1 saturated heterocycles. The van der Waals surface area contributed by atoms with Gasteiger partial charge in [-0.25, -0.2) is 0 Å². The fraction of sp³-hybridized carbons (Fsp3) is 0.412. The molecule has 1 saturated carbocycles. The molecule has 1 aromatic carbocycles. The molecule has 4 heteroatoms. The normalized spacial score (nSPS) is 33.7. The van der Waals surface area contributed by atoms with Gasteiger partial charge in [0.1, 0.15) is 0 Å². The maximum Gasteiger partial charge on any atom is 0.234 e. The number of likely N-dealkylation sites (tertiary alicyclic amines) is 1. The van der Waals surface area contributed by atoms with Gasteiger partial charge in [0.25, 0.3) is 0 Å². The average Bonchev–Trinajstić information content (AvgIpc) is 2.78. The Hall–Kier alpha value is -1.42. The predicted molar refractivity (Wildman–Crippen MR) is 82.0 cm³/mol. The molecule has 3 nitrogen and oxygen atoms in total. The van der Waals surface area contributed by atoms with Gasteiger partial charge in [0.05, 0.1) is 18.4 Å². The molecule has 4 atom stereocenters. The number of fused-ring (bicyclic) bond motifs is 1. The minimum absolute atomic E-state index is 0.0342. The molecule has 0 unspecified atom stereocenters. The second-order valence-corrected chi connectivity index (χ2v) is 7.15. The number of amides is 2. The molecule has 1 aliphatic heterocycles. The van der Waals surface area contributed by atoms with Gasteiger partial charge in [-0.15, -0.1) is 0 Å². The van der Waals surface area contributed by atoms with E-state index in [0.29, 0.717) is 6.54 Å². The Labute approximate surface area is 132 Å². The van der Waals surface area contributed by atoms with E-state index in [-0.39, 0.29) is 35.5 Å². The summed E-state index contributed by atoms with van der Waals surface area (Å²) in [6, 6.07) is 7.80. The predicted octanol–water partition coefficient (Wildman–Crippen LogP) is 3.15. The standard InChI is InChI=1S/C17H16BrNO2/c18-13-7-1-10(2-8-13)9-19-16(20)14-11-3-4-12(6-5-11)15(14)17(19)21/h1-4,7-8,11-12,14-15H,5-6,9H2/t11-,12-,14-,15-/m1/s1. The molecule has 2 bridgehead atoms. The lowest BCUT2D eigenvalue weighted by Gasteiger charge is -2.38. The summed E-state index contributed by atoms with van der Waals surface area (Å²) in [5.41, 5.74) is 0.999. The summed E-state index contributed by atoms with van der Waals surface area (Å²) in [6.45, 7) is 0.400. The first-order valence-corrected chi connectivity index (χ1v) is 8.22. The molecule has 108 valence electrons. The molecule has 5 rings (SSSR count). The molecule has 0 aromatic heterocycles. The monoisotopic (exact) mass is 345 g/mol. The fourth-order valence-corrected chi connectivity index (χ4v) is 4.33. The second-order valence-electron chi connectivity index (χ2n) is 6.23. The van der Waals surface area contributed by atoms with Gasteiger partial charge in [0.15, 0.2) is 0 Å². The van der Waals surface area contributed by atoms with Crippen LogP contribution in [0.15, 0.2) is 40.9 Å². The van der Waals surface area contributed by atoms with Crippen LogP contribution in [0.4, 0.5) is 0 Å². The first-order chi connectivity index (χ1) is 10.1. The molecule has 0 radical (unpaired) electrons. The largest absolute Gasteiger partial charge is 0.278 e. The summed E-state index contributed by atoms with van der Waals surface area (Å²) in [4.78, 5) is 26.8. The van der Waals surface area contributed by atoms with Crippen LogP contribution in [0.2, 0.25) is 0 Å². The molecule has 21 heavy (non-hydrogen) atoms. The summed E-state index contributed by atoms with van der Waals surface area (Å²) >= 11 is 3.40. The minimum Gasteiger partial charge on any atom is -0.278 e. The topological polar surface area (TPSA) is 37.4 Å². The molecule has 1 aromatic rings. The fourth-order valence-electron chi connectivity index (χ4n) is 4.06. The third kappa shape index (κ3) is 2.00. The maximum absolute atomic E-state index is 12.7. The van der Waals surface area contributed by atoms with Crippen molar-refractivity contribution in [2.24, 2.45) is 23.7 Å². The summed E-state index contributed by atoms with van der Waals surface area (Å²) in [6.07, 6.45) is 6.41. The van der Waals surface area contributed by atoms with Crippen LogP contribution in [0.5, 0.6) is 0 Å². The number of benzene rings is 1. The molecule has 0 spiro atoms. The molecular weight excluding hydrogens is 330 g/mol. The van der Waals surface area contributed by atoms with E-state index in [1.807, 2.05) is 24.3 Å². The Morgan fingerprint density at radius 2 is 1.48 bits per heavy atom. The molecule has 1 heterocycles. The van der Waals surface area contributed by atoms with E-state index >= 15 is 0 Å². The highest BCUT2D eigenvalue weighted by Gasteiger charge is 2.56. The van der Waals surface area contributed by atoms with E-state index < -0.39 is 0 Å². The van der Waals surface area contributed by atoms with Gasteiger partial charge in [-0.05, 0) is 42.4 Å². The lowest BCUT2D eigenvalue weighted by molar-refractivity contribution is -0.140. The van der Waals surface area contributed by atoms with Crippen molar-refractivity contribution in [3.05, 3.63) is 46.5 Å². The molecular formula is C17H16BrNO2. The number of nitrogens with zero attached hydrogens (tertiary/aromatic N) is 1. The van der Waals surface area contributed by atoms with Gasteiger partial charge in [0.2, 0.25) is 11.8 Å². The number of hydrogen-bond acceptors (Lipinski definition) is 2. The lowest BCUT2D eigenvalue weighted by Crippen LogP contribution is -2.38. The van der Waals surface area contributed by atoms with Crippen molar-refractivity contribution in [3.63, 3.8) is 0 Å². The van der Waals surface area contributed by atoms with Gasteiger partial charge in [0, 0.05) is 4.47 Å². The van der Waals surface area contributed by atoms with Gasteiger partial charge >= 0.3 is 0 Å². The summed E-state index contributed by atoms with van der Waals surface area (Å²) < 4.78 is 1.00. The van der Waals surface area contributed by atoms with Crippen LogP contribution >= 0.6 is 15.9 Å².